The average molecular weight is 228 g/mol. The van der Waals surface area contributed by atoms with Crippen molar-refractivity contribution in [2.75, 3.05) is 0 Å². The first-order valence-corrected chi connectivity index (χ1v) is 5.61. The summed E-state index contributed by atoms with van der Waals surface area (Å²) in [6.45, 7) is 7.14. The molecule has 0 aromatic carbocycles. The highest BCUT2D eigenvalue weighted by molar-refractivity contribution is 7.10. The number of hydrogen-bond acceptors (Lipinski definition) is 3. The molecule has 0 fully saturated rings. The second-order valence-corrected chi connectivity index (χ2v) is 5.48. The van der Waals surface area contributed by atoms with Crippen molar-refractivity contribution >= 4 is 17.3 Å². The molecule has 3 nitrogen and oxygen atoms in total. The van der Waals surface area contributed by atoms with E-state index < -0.39 is 17.2 Å². The van der Waals surface area contributed by atoms with Crippen LogP contribution in [0.1, 0.15) is 32.6 Å². The summed E-state index contributed by atoms with van der Waals surface area (Å²) < 4.78 is 5.64. The zero-order valence-corrected chi connectivity index (χ0v) is 10.2. The van der Waals surface area contributed by atoms with Crippen LogP contribution >= 0.6 is 11.3 Å². The fourth-order valence-electron chi connectivity index (χ4n) is 1.36. The molecule has 0 aliphatic rings. The third-order valence-corrected chi connectivity index (χ3v) is 2.98. The van der Waals surface area contributed by atoms with E-state index in [0.29, 0.717) is 4.88 Å². The van der Waals surface area contributed by atoms with E-state index in [2.05, 4.69) is 0 Å². The number of carboxylic acid groups (broad SMARTS) is 1. The maximum absolute atomic E-state index is 11.3. The fraction of sp³-hybridized carbons (Fsp3) is 0.545. The Labute approximate surface area is 93.7 Å². The van der Waals surface area contributed by atoms with Gasteiger partial charge < -0.3 is 9.84 Å². The Morgan fingerprint density at radius 3 is 2.33 bits per heavy atom. The van der Waals surface area contributed by atoms with Gasteiger partial charge in [0.2, 0.25) is 0 Å². The quantitative estimate of drug-likeness (QED) is 0.865. The van der Waals surface area contributed by atoms with Crippen molar-refractivity contribution in [3.05, 3.63) is 22.4 Å². The fourth-order valence-corrected chi connectivity index (χ4v) is 2.18. The molecule has 4 heteroatoms. The summed E-state index contributed by atoms with van der Waals surface area (Å²) in [6.07, 6.45) is 0. The van der Waals surface area contributed by atoms with Gasteiger partial charge in [0.05, 0.1) is 5.60 Å². The Morgan fingerprint density at radius 1 is 1.40 bits per heavy atom. The second-order valence-electron chi connectivity index (χ2n) is 4.53. The van der Waals surface area contributed by atoms with E-state index in [9.17, 15) is 9.90 Å². The summed E-state index contributed by atoms with van der Waals surface area (Å²) >= 11 is 1.39. The highest BCUT2D eigenvalue weighted by atomic mass is 32.1. The Balaban J connectivity index is 3.05. The summed E-state index contributed by atoms with van der Waals surface area (Å²) in [5, 5.41) is 11.1. The minimum absolute atomic E-state index is 0.489. The predicted molar refractivity (Wildman–Crippen MR) is 60.1 cm³/mol. The van der Waals surface area contributed by atoms with Crippen molar-refractivity contribution in [2.24, 2.45) is 0 Å². The van der Waals surface area contributed by atoms with Gasteiger partial charge >= 0.3 is 5.97 Å². The van der Waals surface area contributed by atoms with Crippen molar-refractivity contribution < 1.29 is 14.6 Å². The summed E-state index contributed by atoms with van der Waals surface area (Å²) in [6, 6.07) is 3.61. The molecule has 1 aromatic heterocycles. The highest BCUT2D eigenvalue weighted by Gasteiger charge is 2.40. The number of hydrogen-bond donors (Lipinski definition) is 1. The molecule has 0 saturated carbocycles. The molecule has 0 spiro atoms. The summed E-state index contributed by atoms with van der Waals surface area (Å²) in [5.41, 5.74) is -1.75. The van der Waals surface area contributed by atoms with Crippen LogP contribution in [-0.4, -0.2) is 16.7 Å². The zero-order chi connectivity index (χ0) is 11.7. The predicted octanol–water partition coefficient (Wildman–Crippen LogP) is 2.86. The lowest BCUT2D eigenvalue weighted by atomic mass is 10.0. The lowest BCUT2D eigenvalue weighted by Gasteiger charge is -2.32. The van der Waals surface area contributed by atoms with Crippen LogP contribution in [0.4, 0.5) is 0 Å². The lowest BCUT2D eigenvalue weighted by Crippen LogP contribution is -2.41. The van der Waals surface area contributed by atoms with Crippen LogP contribution in [-0.2, 0) is 15.1 Å². The molecular formula is C11H16O3S. The molecule has 0 aliphatic carbocycles. The molecule has 1 rings (SSSR count). The Kier molecular flexibility index (Phi) is 3.21. The van der Waals surface area contributed by atoms with Crippen LogP contribution < -0.4 is 0 Å². The van der Waals surface area contributed by atoms with Crippen molar-refractivity contribution in [1.82, 2.24) is 0 Å². The van der Waals surface area contributed by atoms with Crippen LogP contribution in [0, 0.1) is 0 Å². The maximum Gasteiger partial charge on any atom is 0.341 e. The van der Waals surface area contributed by atoms with Gasteiger partial charge in [-0.05, 0) is 39.1 Å². The smallest absolute Gasteiger partial charge is 0.341 e. The van der Waals surface area contributed by atoms with E-state index in [4.69, 9.17) is 4.74 Å². The number of thiophene rings is 1. The molecule has 0 saturated heterocycles. The number of rotatable bonds is 3. The summed E-state index contributed by atoms with van der Waals surface area (Å²) in [5.74, 6) is -0.958. The van der Waals surface area contributed by atoms with Crippen molar-refractivity contribution in [3.63, 3.8) is 0 Å². The molecule has 1 heterocycles. The zero-order valence-electron chi connectivity index (χ0n) is 9.40. The number of carboxylic acids is 1. The van der Waals surface area contributed by atoms with Gasteiger partial charge in [0.1, 0.15) is 0 Å². The van der Waals surface area contributed by atoms with Crippen molar-refractivity contribution in [1.29, 1.82) is 0 Å². The van der Waals surface area contributed by atoms with Gasteiger partial charge in [-0.1, -0.05) is 6.07 Å². The molecular weight excluding hydrogens is 212 g/mol. The third-order valence-electron chi connectivity index (χ3n) is 1.91. The van der Waals surface area contributed by atoms with Crippen LogP contribution in [0.2, 0.25) is 0 Å². The Morgan fingerprint density at radius 2 is 2.00 bits per heavy atom. The van der Waals surface area contributed by atoms with Crippen LogP contribution in [0.5, 0.6) is 0 Å². The Bertz CT molecular complexity index is 337. The molecule has 1 atom stereocenters. The number of aliphatic carboxylic acids is 1. The van der Waals surface area contributed by atoms with E-state index in [1.165, 1.54) is 11.3 Å². The maximum atomic E-state index is 11.3. The molecule has 15 heavy (non-hydrogen) atoms. The molecule has 0 amide bonds. The van der Waals surface area contributed by atoms with Crippen molar-refractivity contribution in [3.8, 4) is 0 Å². The van der Waals surface area contributed by atoms with E-state index in [1.54, 1.807) is 13.0 Å². The molecule has 84 valence electrons. The SMILES string of the molecule is CC(C)(C)OC(C)(C(=O)O)c1cccs1. The van der Waals surface area contributed by atoms with Gasteiger partial charge in [-0.15, -0.1) is 11.3 Å². The first-order valence-electron chi connectivity index (χ1n) is 4.73. The monoisotopic (exact) mass is 228 g/mol. The topological polar surface area (TPSA) is 46.5 Å². The minimum Gasteiger partial charge on any atom is -0.479 e. The number of carbonyl (C=O) groups is 1. The summed E-state index contributed by atoms with van der Waals surface area (Å²) in [7, 11) is 0. The van der Waals surface area contributed by atoms with E-state index in [0.717, 1.165) is 0 Å². The standard InChI is InChI=1S/C11H16O3S/c1-10(2,3)14-11(4,9(12)13)8-6-5-7-15-8/h5-7H,1-4H3,(H,12,13). The van der Waals surface area contributed by atoms with Gasteiger partial charge in [0.15, 0.2) is 5.60 Å². The first kappa shape index (κ1) is 12.2. The van der Waals surface area contributed by atoms with E-state index in [1.807, 2.05) is 32.2 Å². The third kappa shape index (κ3) is 2.79. The highest BCUT2D eigenvalue weighted by Crippen LogP contribution is 2.33. The van der Waals surface area contributed by atoms with E-state index in [-0.39, 0.29) is 0 Å². The lowest BCUT2D eigenvalue weighted by molar-refractivity contribution is -0.182. The van der Waals surface area contributed by atoms with Gasteiger partial charge in [-0.2, -0.15) is 0 Å². The molecule has 0 aliphatic heterocycles. The molecule has 1 N–H and O–H groups in total. The van der Waals surface area contributed by atoms with E-state index >= 15 is 0 Å². The minimum atomic E-state index is -1.26. The molecule has 1 aromatic rings. The van der Waals surface area contributed by atoms with Gasteiger partial charge in [-0.25, -0.2) is 4.79 Å². The van der Waals surface area contributed by atoms with Crippen LogP contribution in [0.3, 0.4) is 0 Å². The Hall–Kier alpha value is -0.870. The largest absolute Gasteiger partial charge is 0.479 e. The summed E-state index contributed by atoms with van der Waals surface area (Å²) in [4.78, 5) is 12.0. The second kappa shape index (κ2) is 3.94. The van der Waals surface area contributed by atoms with Gasteiger partial charge in [-0.3, -0.25) is 0 Å². The molecule has 1 unspecified atom stereocenters. The van der Waals surface area contributed by atoms with Crippen LogP contribution in [0.15, 0.2) is 17.5 Å². The first-order chi connectivity index (χ1) is 6.76. The van der Waals surface area contributed by atoms with Gasteiger partial charge in [0, 0.05) is 4.88 Å². The van der Waals surface area contributed by atoms with Gasteiger partial charge in [0.25, 0.3) is 0 Å². The van der Waals surface area contributed by atoms with Crippen molar-refractivity contribution in [2.45, 2.75) is 38.9 Å². The normalized spacial score (nSPS) is 16.0. The average Bonchev–Trinajstić information content (AvgIpc) is 2.51. The molecule has 0 bridgehead atoms. The number of ether oxygens (including phenoxy) is 1. The molecule has 0 radical (unpaired) electrons. The van der Waals surface area contributed by atoms with Crippen LogP contribution in [0.25, 0.3) is 0 Å².